The summed E-state index contributed by atoms with van der Waals surface area (Å²) >= 11 is 0. The van der Waals surface area contributed by atoms with Crippen LogP contribution >= 0.6 is 0 Å². The number of nitrogens with zero attached hydrogens (tertiary/aromatic N) is 3. The highest BCUT2D eigenvalue weighted by molar-refractivity contribution is 5.88. The molecular weight excluding hydrogens is 681 g/mol. The molecule has 54 heavy (non-hydrogen) atoms. The first-order valence-corrected chi connectivity index (χ1v) is 17.4. The Balaban J connectivity index is 0.000000398. The van der Waals surface area contributed by atoms with Crippen LogP contribution in [0.3, 0.4) is 0 Å². The number of benzene rings is 3. The fourth-order valence-electron chi connectivity index (χ4n) is 5.84. The molecule has 0 fully saturated rings. The van der Waals surface area contributed by atoms with Crippen molar-refractivity contribution in [2.24, 2.45) is 5.73 Å². The lowest BCUT2D eigenvalue weighted by molar-refractivity contribution is -0.142. The van der Waals surface area contributed by atoms with Crippen molar-refractivity contribution in [2.45, 2.75) is 44.8 Å². The molecule has 3 heterocycles. The molecule has 0 aliphatic rings. The van der Waals surface area contributed by atoms with Gasteiger partial charge in [0.1, 0.15) is 12.1 Å². The number of nitrogens with two attached hydrogens (primary N) is 1. The minimum atomic E-state index is -1.21. The van der Waals surface area contributed by atoms with E-state index in [-0.39, 0.29) is 12.8 Å². The quantitative estimate of drug-likeness (QED) is 0.0891. The van der Waals surface area contributed by atoms with E-state index < -0.39 is 36.0 Å². The number of rotatable bonds is 13. The Bertz CT molecular complexity index is 2090. The zero-order valence-corrected chi connectivity index (χ0v) is 30.0. The number of nitrogens with one attached hydrogen (secondary N) is 2. The summed E-state index contributed by atoms with van der Waals surface area (Å²) in [5.74, 6) is -2.56. The summed E-state index contributed by atoms with van der Waals surface area (Å²) in [6.45, 7) is 3.64. The number of carboxylic acid groups (broad SMARTS) is 2. The summed E-state index contributed by atoms with van der Waals surface area (Å²) < 4.78 is 0. The molecule has 274 valence electrons. The molecule has 0 aliphatic heterocycles. The van der Waals surface area contributed by atoms with Crippen LogP contribution in [-0.2, 0) is 27.2 Å². The molecular formula is C43H42N6O5. The first-order chi connectivity index (χ1) is 26.1. The van der Waals surface area contributed by atoms with Gasteiger partial charge in [0, 0.05) is 42.3 Å². The second kappa shape index (κ2) is 18.7. The van der Waals surface area contributed by atoms with Gasteiger partial charge < -0.3 is 26.6 Å². The molecule has 3 aromatic heterocycles. The standard InChI is InChI=1S/C35H32N4O3.C8H10N2O2/c1-23-9-2-3-10-26(23)25-17-15-24(16-18-25)21-30(36)34(40)39-33(35(41)42)22-29-27(31-13-4-6-19-37-31)11-8-12-28(29)32-14-5-7-20-38-32;1-6(8(11)12)10-7-3-2-4-9-5-7/h2-20,30,33H,21-22,36H2,1H3,(H,39,40)(H,41,42);2-6,10H,1H3,(H,11,12)/t30-,33-;6-/m00/s1. The van der Waals surface area contributed by atoms with Crippen LogP contribution in [0.1, 0.15) is 23.6 Å². The van der Waals surface area contributed by atoms with E-state index in [1.54, 1.807) is 43.8 Å². The summed E-state index contributed by atoms with van der Waals surface area (Å²) in [7, 11) is 0. The van der Waals surface area contributed by atoms with Gasteiger partial charge in [-0.25, -0.2) is 4.79 Å². The van der Waals surface area contributed by atoms with Crippen molar-refractivity contribution in [1.82, 2.24) is 20.3 Å². The molecule has 3 aromatic carbocycles. The Hall–Kier alpha value is -6.72. The number of carboxylic acids is 2. The number of aryl methyl sites for hydroxylation is 1. The number of carbonyl (C=O) groups excluding carboxylic acids is 1. The Morgan fingerprint density at radius 2 is 1.30 bits per heavy atom. The number of anilines is 1. The van der Waals surface area contributed by atoms with E-state index in [0.717, 1.165) is 33.4 Å². The minimum absolute atomic E-state index is 0.0254. The van der Waals surface area contributed by atoms with Gasteiger partial charge in [0.2, 0.25) is 5.91 Å². The fourth-order valence-corrected chi connectivity index (χ4v) is 5.84. The molecule has 6 aromatic rings. The predicted molar refractivity (Wildman–Crippen MR) is 209 cm³/mol. The number of aliphatic carboxylic acids is 2. The highest BCUT2D eigenvalue weighted by Crippen LogP contribution is 2.32. The van der Waals surface area contributed by atoms with Crippen LogP contribution in [0.4, 0.5) is 5.69 Å². The normalized spacial score (nSPS) is 12.3. The molecule has 0 aliphatic carbocycles. The fraction of sp³-hybridized carbons (Fsp3) is 0.163. The molecule has 0 bridgehead atoms. The molecule has 11 heteroatoms. The number of carbonyl (C=O) groups is 3. The van der Waals surface area contributed by atoms with Gasteiger partial charge >= 0.3 is 11.9 Å². The topological polar surface area (TPSA) is 180 Å². The summed E-state index contributed by atoms with van der Waals surface area (Å²) in [5, 5.41) is 24.2. The predicted octanol–water partition coefficient (Wildman–Crippen LogP) is 6.43. The van der Waals surface area contributed by atoms with E-state index in [1.165, 1.54) is 5.56 Å². The molecule has 0 saturated carbocycles. The lowest BCUT2D eigenvalue weighted by Crippen LogP contribution is -2.50. The maximum absolute atomic E-state index is 13.2. The van der Waals surface area contributed by atoms with Crippen LogP contribution in [0, 0.1) is 6.92 Å². The third kappa shape index (κ3) is 10.4. The average Bonchev–Trinajstić information content (AvgIpc) is 3.19. The van der Waals surface area contributed by atoms with Crippen LogP contribution in [0.5, 0.6) is 0 Å². The molecule has 0 spiro atoms. The smallest absolute Gasteiger partial charge is 0.326 e. The van der Waals surface area contributed by atoms with Crippen molar-refractivity contribution in [3.63, 3.8) is 0 Å². The maximum Gasteiger partial charge on any atom is 0.326 e. The van der Waals surface area contributed by atoms with Crippen molar-refractivity contribution in [3.8, 4) is 33.6 Å². The van der Waals surface area contributed by atoms with Crippen molar-refractivity contribution in [1.29, 1.82) is 0 Å². The van der Waals surface area contributed by atoms with Gasteiger partial charge in [-0.1, -0.05) is 78.9 Å². The number of hydrogen-bond donors (Lipinski definition) is 5. The second-order valence-electron chi connectivity index (χ2n) is 12.6. The third-order valence-corrected chi connectivity index (χ3v) is 8.70. The second-order valence-corrected chi connectivity index (χ2v) is 12.6. The van der Waals surface area contributed by atoms with Gasteiger partial charge in [-0.15, -0.1) is 0 Å². The van der Waals surface area contributed by atoms with E-state index in [9.17, 15) is 19.5 Å². The largest absolute Gasteiger partial charge is 0.480 e. The number of hydrogen-bond acceptors (Lipinski definition) is 8. The maximum atomic E-state index is 13.2. The van der Waals surface area contributed by atoms with Crippen molar-refractivity contribution >= 4 is 23.5 Å². The lowest BCUT2D eigenvalue weighted by atomic mass is 9.91. The molecule has 11 nitrogen and oxygen atoms in total. The Morgan fingerprint density at radius 3 is 1.83 bits per heavy atom. The molecule has 0 unspecified atom stereocenters. The Morgan fingerprint density at radius 1 is 0.685 bits per heavy atom. The molecule has 3 atom stereocenters. The summed E-state index contributed by atoms with van der Waals surface area (Å²) in [4.78, 5) is 48.8. The molecule has 6 rings (SSSR count). The number of pyridine rings is 3. The SMILES string of the molecule is C[C@H](Nc1cccnc1)C(=O)O.Cc1ccccc1-c1ccc(C[C@H](N)C(=O)N[C@@H](Cc2c(-c3ccccn3)cccc2-c2ccccn2)C(=O)O)cc1. The van der Waals surface area contributed by atoms with E-state index in [1.807, 2.05) is 91.0 Å². The average molecular weight is 723 g/mol. The highest BCUT2D eigenvalue weighted by atomic mass is 16.4. The van der Waals surface area contributed by atoms with Gasteiger partial charge in [-0.3, -0.25) is 24.5 Å². The number of aromatic nitrogens is 3. The van der Waals surface area contributed by atoms with E-state index in [4.69, 9.17) is 10.8 Å². The molecule has 0 saturated heterocycles. The zero-order valence-electron chi connectivity index (χ0n) is 30.0. The number of amides is 1. The highest BCUT2D eigenvalue weighted by Gasteiger charge is 2.27. The lowest BCUT2D eigenvalue weighted by Gasteiger charge is -2.21. The zero-order chi connectivity index (χ0) is 38.5. The van der Waals surface area contributed by atoms with Crippen molar-refractivity contribution < 1.29 is 24.6 Å². The van der Waals surface area contributed by atoms with Gasteiger partial charge in [0.05, 0.1) is 23.1 Å². The van der Waals surface area contributed by atoms with E-state index in [2.05, 4.69) is 44.6 Å². The first kappa shape index (κ1) is 38.5. The molecule has 0 radical (unpaired) electrons. The molecule has 6 N–H and O–H groups in total. The first-order valence-electron chi connectivity index (χ1n) is 17.4. The van der Waals surface area contributed by atoms with Crippen LogP contribution in [0.2, 0.25) is 0 Å². The van der Waals surface area contributed by atoms with E-state index >= 15 is 0 Å². The summed E-state index contributed by atoms with van der Waals surface area (Å²) in [5.41, 5.74) is 15.0. The van der Waals surface area contributed by atoms with E-state index in [0.29, 0.717) is 17.1 Å². The monoisotopic (exact) mass is 722 g/mol. The van der Waals surface area contributed by atoms with Gasteiger partial charge in [-0.2, -0.15) is 0 Å². The van der Waals surface area contributed by atoms with Crippen molar-refractivity contribution in [3.05, 3.63) is 157 Å². The molecule has 1 amide bonds. The van der Waals surface area contributed by atoms with Crippen LogP contribution in [-0.4, -0.2) is 61.1 Å². The summed E-state index contributed by atoms with van der Waals surface area (Å²) in [6, 6.07) is 33.7. The van der Waals surface area contributed by atoms with Crippen LogP contribution < -0.4 is 16.4 Å². The summed E-state index contributed by atoms with van der Waals surface area (Å²) in [6.07, 6.45) is 6.90. The van der Waals surface area contributed by atoms with Gasteiger partial charge in [0.25, 0.3) is 0 Å². The van der Waals surface area contributed by atoms with Crippen LogP contribution in [0.25, 0.3) is 33.6 Å². The van der Waals surface area contributed by atoms with Crippen LogP contribution in [0.15, 0.2) is 140 Å². The van der Waals surface area contributed by atoms with Crippen molar-refractivity contribution in [2.75, 3.05) is 5.32 Å². The Kier molecular flexibility index (Phi) is 13.3. The van der Waals surface area contributed by atoms with Gasteiger partial charge in [-0.05, 0) is 84.5 Å². The van der Waals surface area contributed by atoms with Gasteiger partial charge in [0.15, 0.2) is 0 Å². The third-order valence-electron chi connectivity index (χ3n) is 8.70. The minimum Gasteiger partial charge on any atom is -0.480 e. The Labute approximate surface area is 314 Å².